The lowest BCUT2D eigenvalue weighted by atomic mass is 10.0. The van der Waals surface area contributed by atoms with Crippen LogP contribution >= 0.6 is 7.82 Å². The number of carbonyl (C=O) groups excluding carboxylic acids is 2. The number of phosphoric ester groups is 1. The van der Waals surface area contributed by atoms with E-state index in [9.17, 15) is 19.0 Å². The fourth-order valence-electron chi connectivity index (χ4n) is 10.7. The van der Waals surface area contributed by atoms with Gasteiger partial charge in [0.2, 0.25) is 0 Å². The molecule has 2 unspecified atom stereocenters. The van der Waals surface area contributed by atoms with Gasteiger partial charge in [0.05, 0.1) is 27.7 Å². The number of unbranched alkanes of at least 4 members (excludes halogenated alkanes) is 30. The van der Waals surface area contributed by atoms with Crippen LogP contribution in [0.2, 0.25) is 0 Å². The zero-order chi connectivity index (χ0) is 71.1. The van der Waals surface area contributed by atoms with Crippen molar-refractivity contribution in [3.8, 4) is 0 Å². The summed E-state index contributed by atoms with van der Waals surface area (Å²) < 4.78 is 34.8. The SMILES string of the molecule is CC/C=C\C/C=C\C/C=C\C/C=C\C/C=C\C/C=C\C/C=C\C/C=C\C/C=C\CCCCCCCCCC(=O)OC(COC(=O)CCCCCCCCCCCCCCCCCCCCCCCCC/C=C\C/C=C\C/C=C\C/C=C\C/C=C\CC)COP(=O)(O)OCC[N+](C)(C)C. The topological polar surface area (TPSA) is 108 Å². The molecule has 2 atom stereocenters. The summed E-state index contributed by atoms with van der Waals surface area (Å²) in [6.45, 7) is 4.21. The van der Waals surface area contributed by atoms with Crippen LogP contribution in [0.3, 0.4) is 0 Å². The van der Waals surface area contributed by atoms with Gasteiger partial charge in [-0.25, -0.2) is 4.57 Å². The van der Waals surface area contributed by atoms with Crippen LogP contribution in [0, 0.1) is 0 Å². The van der Waals surface area contributed by atoms with E-state index in [0.29, 0.717) is 17.4 Å². The highest BCUT2D eigenvalue weighted by Gasteiger charge is 2.27. The van der Waals surface area contributed by atoms with Gasteiger partial charge in [0.1, 0.15) is 19.8 Å². The Morgan fingerprint density at radius 3 is 0.816 bits per heavy atom. The number of allylic oxidation sites excluding steroid dienone is 28. The third-order valence-electron chi connectivity index (χ3n) is 16.7. The monoisotopic (exact) mass is 1380 g/mol. The molecule has 0 aliphatic rings. The van der Waals surface area contributed by atoms with Crippen LogP contribution < -0.4 is 0 Å². The number of hydrogen-bond donors (Lipinski definition) is 1. The first-order valence-corrected chi connectivity index (χ1v) is 41.4. The molecule has 0 spiro atoms. The van der Waals surface area contributed by atoms with E-state index in [1.807, 2.05) is 21.1 Å². The largest absolute Gasteiger partial charge is 0.472 e. The summed E-state index contributed by atoms with van der Waals surface area (Å²) >= 11 is 0. The average molecular weight is 1380 g/mol. The zero-order valence-electron chi connectivity index (χ0n) is 63.7. The number of rotatable bonds is 72. The van der Waals surface area contributed by atoms with Crippen LogP contribution in [0.4, 0.5) is 0 Å². The Balaban J connectivity index is 4.02. The minimum Gasteiger partial charge on any atom is -0.462 e. The Morgan fingerprint density at radius 2 is 0.551 bits per heavy atom. The van der Waals surface area contributed by atoms with E-state index < -0.39 is 26.5 Å². The first-order chi connectivity index (χ1) is 48.0. The van der Waals surface area contributed by atoms with Gasteiger partial charge in [0, 0.05) is 12.8 Å². The third-order valence-corrected chi connectivity index (χ3v) is 17.7. The molecule has 0 aliphatic carbocycles. The molecule has 558 valence electrons. The molecule has 0 saturated heterocycles. The van der Waals surface area contributed by atoms with Crippen molar-refractivity contribution < 1.29 is 42.1 Å². The van der Waals surface area contributed by atoms with E-state index in [0.717, 1.165) is 135 Å². The van der Waals surface area contributed by atoms with Crippen molar-refractivity contribution in [3.05, 3.63) is 170 Å². The normalized spacial score (nSPS) is 14.0. The van der Waals surface area contributed by atoms with E-state index >= 15 is 0 Å². The van der Waals surface area contributed by atoms with E-state index in [2.05, 4.69) is 184 Å². The second-order valence-corrected chi connectivity index (χ2v) is 28.8. The third kappa shape index (κ3) is 80.3. The Bertz CT molecular complexity index is 2270. The lowest BCUT2D eigenvalue weighted by Crippen LogP contribution is -2.37. The van der Waals surface area contributed by atoms with Crippen LogP contribution in [0.1, 0.15) is 322 Å². The number of quaternary nitrogens is 1. The molecule has 0 saturated carbocycles. The molecule has 0 aromatic carbocycles. The predicted molar refractivity (Wildman–Crippen MR) is 426 cm³/mol. The van der Waals surface area contributed by atoms with Crippen LogP contribution in [0.15, 0.2) is 170 Å². The van der Waals surface area contributed by atoms with Gasteiger partial charge in [0.15, 0.2) is 6.10 Å². The molecule has 0 aromatic heterocycles. The summed E-state index contributed by atoms with van der Waals surface area (Å²) in [6.07, 6.45) is 116. The second-order valence-electron chi connectivity index (χ2n) is 27.3. The van der Waals surface area contributed by atoms with Gasteiger partial charge in [-0.15, -0.1) is 0 Å². The van der Waals surface area contributed by atoms with E-state index in [1.54, 1.807) is 0 Å². The predicted octanol–water partition coefficient (Wildman–Crippen LogP) is 26.8. The molecule has 98 heavy (non-hydrogen) atoms. The van der Waals surface area contributed by atoms with Crippen LogP contribution in [-0.2, 0) is 32.7 Å². The number of ether oxygens (including phenoxy) is 2. The van der Waals surface area contributed by atoms with E-state index in [1.165, 1.54) is 154 Å². The maximum absolute atomic E-state index is 12.9. The summed E-state index contributed by atoms with van der Waals surface area (Å²) in [4.78, 5) is 36.0. The maximum Gasteiger partial charge on any atom is 0.472 e. The fourth-order valence-corrected chi connectivity index (χ4v) is 11.5. The number of phosphoric acid groups is 1. The molecule has 0 aliphatic heterocycles. The number of esters is 2. The first kappa shape index (κ1) is 93.4. The average Bonchev–Trinajstić information content (AvgIpc) is 1.08. The van der Waals surface area contributed by atoms with E-state index in [4.69, 9.17) is 18.5 Å². The summed E-state index contributed by atoms with van der Waals surface area (Å²) in [7, 11) is 1.46. The van der Waals surface area contributed by atoms with Crippen LogP contribution in [-0.4, -0.2) is 74.9 Å². The highest BCUT2D eigenvalue weighted by molar-refractivity contribution is 7.47. The Labute approximate surface area is 604 Å². The number of hydrogen-bond acceptors (Lipinski definition) is 7. The Morgan fingerprint density at radius 1 is 0.316 bits per heavy atom. The summed E-state index contributed by atoms with van der Waals surface area (Å²) in [6, 6.07) is 0. The van der Waals surface area contributed by atoms with Gasteiger partial charge >= 0.3 is 19.8 Å². The lowest BCUT2D eigenvalue weighted by molar-refractivity contribution is -0.870. The Hall–Kier alpha value is -4.63. The van der Waals surface area contributed by atoms with Crippen molar-refractivity contribution in [2.75, 3.05) is 47.5 Å². The van der Waals surface area contributed by atoms with Crippen LogP contribution in [0.25, 0.3) is 0 Å². The maximum atomic E-state index is 12.9. The molecule has 0 radical (unpaired) electrons. The van der Waals surface area contributed by atoms with Crippen molar-refractivity contribution in [2.24, 2.45) is 0 Å². The number of nitrogens with zero attached hydrogens (tertiary/aromatic N) is 1. The molecule has 10 heteroatoms. The smallest absolute Gasteiger partial charge is 0.462 e. The minimum absolute atomic E-state index is 0.0230. The Kier molecular flexibility index (Phi) is 72.9. The van der Waals surface area contributed by atoms with Gasteiger partial charge in [-0.2, -0.15) is 0 Å². The highest BCUT2D eigenvalue weighted by atomic mass is 31.2. The standard InChI is InChI=1S/C88H148NO8P/c1-6-8-10-12-14-16-18-20-22-24-26-28-30-32-34-36-38-40-42-43-44-45-47-48-50-52-54-56-58-60-62-64-66-68-70-72-74-76-78-80-87(90)94-84-86(85-96-98(92,93)95-83-82-89(3,4)5)97-88(91)81-79-77-75-73-71-69-67-65-63-61-59-57-55-53-51-49-46-41-39-37-35-33-31-29-27-25-23-21-19-17-15-13-11-9-7-2/h8-11,14-17,20-23,26-29,32-35,39,41,49,51,55,57,61,63,86H,6-7,12-13,18-19,24-25,30-31,36-38,40,42-48,50,52-54,56,58-60,62,64-85H2,1-5H3/p+1/b10-8-,11-9-,16-14-,17-15-,22-20-,23-21-,28-26-,29-27-,34-32-,35-33-,41-39-,51-49-,57-55-,63-61-. The molecule has 0 aromatic rings. The zero-order valence-corrected chi connectivity index (χ0v) is 64.6. The number of carbonyl (C=O) groups is 2. The van der Waals surface area contributed by atoms with Gasteiger partial charge in [-0.3, -0.25) is 18.6 Å². The molecule has 0 heterocycles. The van der Waals surface area contributed by atoms with Crippen LogP contribution in [0.5, 0.6) is 0 Å². The van der Waals surface area contributed by atoms with Crippen molar-refractivity contribution in [2.45, 2.75) is 328 Å². The lowest BCUT2D eigenvalue weighted by Gasteiger charge is -2.24. The first-order valence-electron chi connectivity index (χ1n) is 39.9. The van der Waals surface area contributed by atoms with Gasteiger partial charge in [-0.1, -0.05) is 351 Å². The molecule has 9 nitrogen and oxygen atoms in total. The quantitative estimate of drug-likeness (QED) is 0.0211. The van der Waals surface area contributed by atoms with Crippen molar-refractivity contribution in [3.63, 3.8) is 0 Å². The van der Waals surface area contributed by atoms with Gasteiger partial charge in [-0.05, 0) is 128 Å². The second kappa shape index (κ2) is 76.5. The fraction of sp³-hybridized carbons (Fsp3) is 0.659. The van der Waals surface area contributed by atoms with Crippen molar-refractivity contribution in [1.29, 1.82) is 0 Å². The minimum atomic E-state index is -4.41. The molecule has 0 rings (SSSR count). The molecule has 0 fully saturated rings. The van der Waals surface area contributed by atoms with E-state index in [-0.39, 0.29) is 32.0 Å². The molecule has 0 amide bonds. The number of likely N-dealkylation sites (N-methyl/N-ethyl adjacent to an activating group) is 1. The molecule has 1 N–H and O–H groups in total. The summed E-state index contributed by atoms with van der Waals surface area (Å²) in [5.41, 5.74) is 0. The van der Waals surface area contributed by atoms with Crippen molar-refractivity contribution in [1.82, 2.24) is 0 Å². The van der Waals surface area contributed by atoms with Gasteiger partial charge < -0.3 is 18.9 Å². The molecular weight excluding hydrogens is 1230 g/mol. The van der Waals surface area contributed by atoms with Gasteiger partial charge in [0.25, 0.3) is 0 Å². The molecule has 0 bridgehead atoms. The highest BCUT2D eigenvalue weighted by Crippen LogP contribution is 2.43. The summed E-state index contributed by atoms with van der Waals surface area (Å²) in [5.74, 6) is -0.809. The molecular formula is C88H149NO8P+. The summed E-state index contributed by atoms with van der Waals surface area (Å²) in [5, 5.41) is 0. The van der Waals surface area contributed by atoms with Crippen molar-refractivity contribution >= 4 is 19.8 Å².